The summed E-state index contributed by atoms with van der Waals surface area (Å²) in [6, 6.07) is 13.6. The predicted molar refractivity (Wildman–Crippen MR) is 128 cm³/mol. The van der Waals surface area contributed by atoms with Crippen LogP contribution >= 0.6 is 11.6 Å². The van der Waals surface area contributed by atoms with Crippen LogP contribution in [0, 0.1) is 13.8 Å². The lowest BCUT2D eigenvalue weighted by atomic mass is 9.96. The van der Waals surface area contributed by atoms with Gasteiger partial charge in [-0.15, -0.1) is 0 Å². The van der Waals surface area contributed by atoms with Gasteiger partial charge in [0.1, 0.15) is 5.82 Å². The first-order valence-corrected chi connectivity index (χ1v) is 11.5. The lowest BCUT2D eigenvalue weighted by Crippen LogP contribution is -2.39. The Balaban J connectivity index is 1.75. The Morgan fingerprint density at radius 3 is 2.44 bits per heavy atom. The molecular weight excluding hydrogens is 424 g/mol. The van der Waals surface area contributed by atoms with Crippen LogP contribution in [-0.2, 0) is 6.61 Å². The maximum atomic E-state index is 12.7. The van der Waals surface area contributed by atoms with Crippen LogP contribution in [-0.4, -0.2) is 26.7 Å². The van der Waals surface area contributed by atoms with Gasteiger partial charge in [0.25, 0.3) is 0 Å². The number of imidazole rings is 1. The fraction of sp³-hybridized carbons (Fsp3) is 0.360. The Hall–Kier alpha value is -2.83. The number of urea groups is 1. The smallest absolute Gasteiger partial charge is 0.320 e. The number of nitrogens with zero attached hydrogens (tertiary/aromatic N) is 2. The molecule has 2 aromatic carbocycles. The topological polar surface area (TPSA) is 79.2 Å². The Morgan fingerprint density at radius 1 is 1.09 bits per heavy atom. The van der Waals surface area contributed by atoms with Crippen LogP contribution in [0.5, 0.6) is 0 Å². The molecule has 3 aromatic rings. The van der Waals surface area contributed by atoms with Gasteiger partial charge in [0.05, 0.1) is 17.3 Å². The van der Waals surface area contributed by atoms with Crippen molar-refractivity contribution in [3.05, 3.63) is 64.3 Å². The molecular formula is C25H29ClN4O2. The Morgan fingerprint density at radius 2 is 1.78 bits per heavy atom. The summed E-state index contributed by atoms with van der Waals surface area (Å²) < 4.78 is 1.85. The monoisotopic (exact) mass is 452 g/mol. The number of rotatable bonds is 5. The highest BCUT2D eigenvalue weighted by atomic mass is 35.5. The average molecular weight is 453 g/mol. The van der Waals surface area contributed by atoms with E-state index in [1.54, 1.807) is 0 Å². The van der Waals surface area contributed by atoms with Gasteiger partial charge in [-0.25, -0.2) is 9.78 Å². The molecule has 1 saturated carbocycles. The molecule has 1 fully saturated rings. The van der Waals surface area contributed by atoms with Gasteiger partial charge < -0.3 is 10.4 Å². The molecule has 2 amide bonds. The number of aryl methyl sites for hydroxylation is 2. The zero-order valence-electron chi connectivity index (χ0n) is 18.5. The van der Waals surface area contributed by atoms with Crippen LogP contribution in [0.3, 0.4) is 0 Å². The summed E-state index contributed by atoms with van der Waals surface area (Å²) in [5, 5.41) is 16.7. The van der Waals surface area contributed by atoms with E-state index < -0.39 is 0 Å². The molecule has 0 radical (unpaired) electrons. The summed E-state index contributed by atoms with van der Waals surface area (Å²) in [6.07, 6.45) is 5.45. The molecule has 7 heteroatoms. The molecule has 1 heterocycles. The third kappa shape index (κ3) is 4.81. The van der Waals surface area contributed by atoms with E-state index in [-0.39, 0.29) is 18.7 Å². The Labute approximate surface area is 193 Å². The van der Waals surface area contributed by atoms with E-state index in [1.165, 1.54) is 6.42 Å². The number of aliphatic hydroxyl groups excluding tert-OH is 1. The first-order chi connectivity index (χ1) is 15.5. The van der Waals surface area contributed by atoms with E-state index in [2.05, 4.69) is 10.6 Å². The Bertz CT molecular complexity index is 1100. The summed E-state index contributed by atoms with van der Waals surface area (Å²) >= 11 is 6.57. The van der Waals surface area contributed by atoms with Crippen molar-refractivity contribution in [1.29, 1.82) is 0 Å². The minimum Gasteiger partial charge on any atom is -0.390 e. The molecule has 0 atom stereocenters. The normalized spacial score (nSPS) is 14.4. The largest absolute Gasteiger partial charge is 0.390 e. The van der Waals surface area contributed by atoms with Crippen molar-refractivity contribution in [2.75, 3.05) is 5.32 Å². The molecule has 1 aromatic heterocycles. The highest BCUT2D eigenvalue weighted by molar-refractivity contribution is 6.33. The summed E-state index contributed by atoms with van der Waals surface area (Å²) in [7, 11) is 0. The SMILES string of the molecule is Cc1ccc(-n2c(-c3ccc(C)cc3Cl)nc(NC(=O)NC3CCCCC3)c2CO)cc1. The van der Waals surface area contributed by atoms with Crippen molar-refractivity contribution in [2.24, 2.45) is 0 Å². The maximum Gasteiger partial charge on any atom is 0.320 e. The van der Waals surface area contributed by atoms with Gasteiger partial charge in [0.15, 0.2) is 5.82 Å². The van der Waals surface area contributed by atoms with Crippen molar-refractivity contribution in [2.45, 2.75) is 58.6 Å². The van der Waals surface area contributed by atoms with E-state index in [1.807, 2.05) is 60.9 Å². The number of halogens is 1. The van der Waals surface area contributed by atoms with E-state index in [9.17, 15) is 9.90 Å². The van der Waals surface area contributed by atoms with Crippen molar-refractivity contribution in [3.8, 4) is 17.1 Å². The maximum absolute atomic E-state index is 12.7. The third-order valence-electron chi connectivity index (χ3n) is 5.95. The molecule has 3 N–H and O–H groups in total. The number of aliphatic hydroxyl groups is 1. The molecule has 0 aliphatic heterocycles. The second kappa shape index (κ2) is 9.76. The summed E-state index contributed by atoms with van der Waals surface area (Å²) in [6.45, 7) is 3.71. The lowest BCUT2D eigenvalue weighted by Gasteiger charge is -2.22. The standard InChI is InChI=1S/C25H29ClN4O2/c1-16-8-11-19(12-9-16)30-22(15-31)23(29-25(32)27-18-6-4-3-5-7-18)28-24(30)20-13-10-17(2)14-21(20)26/h8-14,18,31H,3-7,15H2,1-2H3,(H2,27,29,32). The molecule has 0 spiro atoms. The molecule has 4 rings (SSSR count). The van der Waals surface area contributed by atoms with Crippen molar-refractivity contribution in [3.63, 3.8) is 0 Å². The molecule has 1 aliphatic rings. The van der Waals surface area contributed by atoms with Crippen LogP contribution in [0.1, 0.15) is 48.9 Å². The van der Waals surface area contributed by atoms with Crippen LogP contribution in [0.25, 0.3) is 17.1 Å². The fourth-order valence-electron chi connectivity index (χ4n) is 4.23. The number of carbonyl (C=O) groups is 1. The molecule has 32 heavy (non-hydrogen) atoms. The average Bonchev–Trinajstić information content (AvgIpc) is 3.12. The second-order valence-corrected chi connectivity index (χ2v) is 8.88. The van der Waals surface area contributed by atoms with Crippen molar-refractivity contribution in [1.82, 2.24) is 14.9 Å². The van der Waals surface area contributed by atoms with Crippen LogP contribution < -0.4 is 10.6 Å². The number of benzene rings is 2. The van der Waals surface area contributed by atoms with E-state index >= 15 is 0 Å². The molecule has 0 unspecified atom stereocenters. The molecule has 6 nitrogen and oxygen atoms in total. The number of nitrogens with one attached hydrogen (secondary N) is 2. The molecule has 0 saturated heterocycles. The zero-order chi connectivity index (χ0) is 22.7. The van der Waals surface area contributed by atoms with Gasteiger partial charge in [-0.3, -0.25) is 9.88 Å². The summed E-state index contributed by atoms with van der Waals surface area (Å²) in [5.74, 6) is 0.892. The fourth-order valence-corrected chi connectivity index (χ4v) is 4.55. The van der Waals surface area contributed by atoms with Gasteiger partial charge >= 0.3 is 6.03 Å². The highest BCUT2D eigenvalue weighted by Crippen LogP contribution is 2.34. The molecule has 1 aliphatic carbocycles. The van der Waals surface area contributed by atoms with Gasteiger partial charge in [-0.1, -0.05) is 54.6 Å². The Kier molecular flexibility index (Phi) is 6.82. The molecule has 168 valence electrons. The van der Waals surface area contributed by atoms with Crippen molar-refractivity contribution >= 4 is 23.4 Å². The predicted octanol–water partition coefficient (Wildman–Crippen LogP) is 5.76. The van der Waals surface area contributed by atoms with Gasteiger partial charge in [0, 0.05) is 17.3 Å². The lowest BCUT2D eigenvalue weighted by molar-refractivity contribution is 0.244. The van der Waals surface area contributed by atoms with Crippen LogP contribution in [0.15, 0.2) is 42.5 Å². The van der Waals surface area contributed by atoms with Crippen LogP contribution in [0.4, 0.5) is 10.6 Å². The zero-order valence-corrected chi connectivity index (χ0v) is 19.2. The number of carbonyl (C=O) groups excluding carboxylic acids is 1. The van der Waals surface area contributed by atoms with Gasteiger partial charge in [-0.05, 0) is 56.5 Å². The van der Waals surface area contributed by atoms with Gasteiger partial charge in [0.2, 0.25) is 0 Å². The van der Waals surface area contributed by atoms with Gasteiger partial charge in [-0.2, -0.15) is 0 Å². The minimum atomic E-state index is -0.304. The quantitative estimate of drug-likeness (QED) is 0.460. The second-order valence-electron chi connectivity index (χ2n) is 8.48. The first kappa shape index (κ1) is 22.4. The summed E-state index contributed by atoms with van der Waals surface area (Å²) in [4.78, 5) is 17.4. The van der Waals surface area contributed by atoms with E-state index in [4.69, 9.17) is 16.6 Å². The van der Waals surface area contributed by atoms with E-state index in [0.29, 0.717) is 22.4 Å². The molecule has 0 bridgehead atoms. The van der Waals surface area contributed by atoms with Crippen molar-refractivity contribution < 1.29 is 9.90 Å². The van der Waals surface area contributed by atoms with E-state index in [0.717, 1.165) is 48.1 Å². The minimum absolute atomic E-state index is 0.173. The number of anilines is 1. The highest BCUT2D eigenvalue weighted by Gasteiger charge is 2.23. The number of aromatic nitrogens is 2. The number of amides is 2. The summed E-state index contributed by atoms with van der Waals surface area (Å²) in [5.41, 5.74) is 4.23. The van der Waals surface area contributed by atoms with Crippen LogP contribution in [0.2, 0.25) is 5.02 Å². The number of hydrogen-bond acceptors (Lipinski definition) is 3. The number of hydrogen-bond donors (Lipinski definition) is 3. The first-order valence-electron chi connectivity index (χ1n) is 11.1. The third-order valence-corrected chi connectivity index (χ3v) is 6.27.